The number of benzene rings is 2. The largest absolute Gasteiger partial charge is 0.508 e. The average Bonchev–Trinajstić information content (AvgIpc) is 2.61. The minimum atomic E-state index is -0.478. The summed E-state index contributed by atoms with van der Waals surface area (Å²) in [5.41, 5.74) is 5.90. The lowest BCUT2D eigenvalue weighted by atomic mass is 10.0. The number of aryl methyl sites for hydroxylation is 1. The van der Waals surface area contributed by atoms with Gasteiger partial charge in [-0.15, -0.1) is 0 Å². The number of aromatic hydroxyl groups is 2. The summed E-state index contributed by atoms with van der Waals surface area (Å²) in [5.74, 6) is -0.306. The van der Waals surface area contributed by atoms with Crippen molar-refractivity contribution in [1.82, 2.24) is 5.43 Å². The van der Waals surface area contributed by atoms with Crippen molar-refractivity contribution in [3.8, 4) is 11.5 Å². The molecule has 0 aliphatic carbocycles. The van der Waals surface area contributed by atoms with Gasteiger partial charge < -0.3 is 15.5 Å². The molecule has 0 aliphatic rings. The first-order chi connectivity index (χ1) is 12.3. The van der Waals surface area contributed by atoms with Gasteiger partial charge in [0.05, 0.1) is 5.71 Å². The van der Waals surface area contributed by atoms with Gasteiger partial charge in [0.1, 0.15) is 17.5 Å². The monoisotopic (exact) mass is 355 g/mol. The highest BCUT2D eigenvalue weighted by Crippen LogP contribution is 2.30. The van der Waals surface area contributed by atoms with Crippen molar-refractivity contribution < 1.29 is 15.0 Å². The molecule has 1 unspecified atom stereocenters. The maximum absolute atomic E-state index is 12.3. The zero-order valence-electron chi connectivity index (χ0n) is 15.5. The first kappa shape index (κ1) is 19.3. The summed E-state index contributed by atoms with van der Waals surface area (Å²) in [6.45, 7) is 7.23. The van der Waals surface area contributed by atoms with E-state index in [-0.39, 0.29) is 17.4 Å². The molecule has 0 bridgehead atoms. The predicted molar refractivity (Wildman–Crippen MR) is 104 cm³/mol. The van der Waals surface area contributed by atoms with E-state index in [0.29, 0.717) is 23.3 Å². The predicted octanol–water partition coefficient (Wildman–Crippen LogP) is 3.45. The molecule has 2 aromatic carbocycles. The lowest BCUT2D eigenvalue weighted by Crippen LogP contribution is -2.35. The van der Waals surface area contributed by atoms with E-state index in [1.807, 2.05) is 38.1 Å². The molecule has 1 amide bonds. The normalized spacial score (nSPS) is 12.5. The van der Waals surface area contributed by atoms with Crippen LogP contribution in [0.1, 0.15) is 37.0 Å². The SMILES string of the molecule is CC/C(=N\NC(=O)C(C)Nc1cccc(C)c1)c1ccc(O)c(C)c1O. The number of carbonyl (C=O) groups is 1. The zero-order valence-corrected chi connectivity index (χ0v) is 15.5. The van der Waals surface area contributed by atoms with Crippen LogP contribution < -0.4 is 10.7 Å². The fourth-order valence-electron chi connectivity index (χ4n) is 2.52. The summed E-state index contributed by atoms with van der Waals surface area (Å²) in [7, 11) is 0. The molecule has 0 saturated carbocycles. The van der Waals surface area contributed by atoms with Gasteiger partial charge in [-0.3, -0.25) is 4.79 Å². The Bertz CT molecular complexity index is 831. The van der Waals surface area contributed by atoms with Crippen molar-refractivity contribution in [2.75, 3.05) is 5.32 Å². The number of carbonyl (C=O) groups excluding carboxylic acids is 1. The molecule has 0 fully saturated rings. The summed E-state index contributed by atoms with van der Waals surface area (Å²) in [6, 6.07) is 10.4. The van der Waals surface area contributed by atoms with E-state index in [9.17, 15) is 15.0 Å². The van der Waals surface area contributed by atoms with Crippen LogP contribution in [0.15, 0.2) is 41.5 Å². The molecule has 4 N–H and O–H groups in total. The Labute approximate surface area is 153 Å². The van der Waals surface area contributed by atoms with Crippen molar-refractivity contribution in [2.24, 2.45) is 5.10 Å². The Kier molecular flexibility index (Phi) is 6.22. The van der Waals surface area contributed by atoms with Gasteiger partial charge >= 0.3 is 0 Å². The minimum Gasteiger partial charge on any atom is -0.508 e. The van der Waals surface area contributed by atoms with Crippen molar-refractivity contribution in [3.63, 3.8) is 0 Å². The summed E-state index contributed by atoms with van der Waals surface area (Å²) < 4.78 is 0. The summed E-state index contributed by atoms with van der Waals surface area (Å²) in [6.07, 6.45) is 0.512. The van der Waals surface area contributed by atoms with Crippen LogP contribution in [0.2, 0.25) is 0 Å². The molecule has 2 rings (SSSR count). The van der Waals surface area contributed by atoms with Crippen molar-refractivity contribution in [1.29, 1.82) is 0 Å². The second-order valence-electron chi connectivity index (χ2n) is 6.23. The Morgan fingerprint density at radius 3 is 2.58 bits per heavy atom. The van der Waals surface area contributed by atoms with Crippen LogP contribution in [-0.4, -0.2) is 27.9 Å². The third kappa shape index (κ3) is 4.53. The van der Waals surface area contributed by atoms with Gasteiger partial charge in [0.25, 0.3) is 5.91 Å². The number of anilines is 1. The number of hydrogen-bond acceptors (Lipinski definition) is 5. The van der Waals surface area contributed by atoms with E-state index in [1.165, 1.54) is 6.07 Å². The van der Waals surface area contributed by atoms with Gasteiger partial charge in [0, 0.05) is 16.8 Å². The molecule has 2 aromatic rings. The maximum Gasteiger partial charge on any atom is 0.262 e. The highest BCUT2D eigenvalue weighted by atomic mass is 16.3. The van der Waals surface area contributed by atoms with Gasteiger partial charge in [-0.2, -0.15) is 5.10 Å². The van der Waals surface area contributed by atoms with Crippen LogP contribution in [0.5, 0.6) is 11.5 Å². The van der Waals surface area contributed by atoms with Gasteiger partial charge in [0.15, 0.2) is 0 Å². The Hall–Kier alpha value is -3.02. The lowest BCUT2D eigenvalue weighted by Gasteiger charge is -2.15. The number of nitrogens with one attached hydrogen (secondary N) is 2. The number of rotatable bonds is 6. The summed E-state index contributed by atoms with van der Waals surface area (Å²) in [5, 5.41) is 27.1. The topological polar surface area (TPSA) is 94.0 Å². The third-order valence-corrected chi connectivity index (χ3v) is 4.14. The summed E-state index contributed by atoms with van der Waals surface area (Å²) in [4.78, 5) is 12.3. The van der Waals surface area contributed by atoms with E-state index < -0.39 is 6.04 Å². The maximum atomic E-state index is 12.3. The van der Waals surface area contributed by atoms with Gasteiger partial charge in [-0.25, -0.2) is 5.43 Å². The molecule has 0 heterocycles. The smallest absolute Gasteiger partial charge is 0.262 e. The molecule has 1 atom stereocenters. The molecule has 26 heavy (non-hydrogen) atoms. The highest BCUT2D eigenvalue weighted by Gasteiger charge is 2.15. The van der Waals surface area contributed by atoms with Crippen molar-refractivity contribution >= 4 is 17.3 Å². The van der Waals surface area contributed by atoms with Gasteiger partial charge in [-0.05, 0) is 57.0 Å². The minimum absolute atomic E-state index is 0.0155. The quantitative estimate of drug-likeness (QED) is 0.472. The number of hydrazone groups is 1. The van der Waals surface area contributed by atoms with Gasteiger partial charge in [-0.1, -0.05) is 19.1 Å². The molecule has 0 radical (unpaired) electrons. The highest BCUT2D eigenvalue weighted by molar-refractivity contribution is 6.03. The standard InChI is InChI=1S/C20H25N3O3/c1-5-17(16-9-10-18(24)13(3)19(16)25)22-23-20(26)14(4)21-15-8-6-7-12(2)11-15/h6-11,14,21,24-25H,5H2,1-4H3,(H,23,26)/b22-17+. The van der Waals surface area contributed by atoms with Crippen LogP contribution in [0.25, 0.3) is 0 Å². The van der Waals surface area contributed by atoms with E-state index in [1.54, 1.807) is 19.9 Å². The van der Waals surface area contributed by atoms with E-state index in [4.69, 9.17) is 0 Å². The molecule has 0 aliphatic heterocycles. The first-order valence-corrected chi connectivity index (χ1v) is 8.55. The fraction of sp³-hybridized carbons (Fsp3) is 0.300. The molecule has 138 valence electrons. The summed E-state index contributed by atoms with van der Waals surface area (Å²) >= 11 is 0. The van der Waals surface area contributed by atoms with E-state index >= 15 is 0 Å². The number of nitrogens with zero attached hydrogens (tertiary/aromatic N) is 1. The Morgan fingerprint density at radius 2 is 1.92 bits per heavy atom. The number of phenolic OH excluding ortho intramolecular Hbond substituents is 2. The molecular formula is C20H25N3O3. The average molecular weight is 355 g/mol. The number of amides is 1. The number of hydrogen-bond donors (Lipinski definition) is 4. The van der Waals surface area contributed by atoms with Crippen molar-refractivity contribution in [3.05, 3.63) is 53.1 Å². The van der Waals surface area contributed by atoms with Crippen molar-refractivity contribution in [2.45, 2.75) is 40.2 Å². The molecule has 0 saturated heterocycles. The van der Waals surface area contributed by atoms with Crippen LogP contribution in [-0.2, 0) is 4.79 Å². The molecule has 6 nitrogen and oxygen atoms in total. The van der Waals surface area contributed by atoms with Gasteiger partial charge in [0.2, 0.25) is 0 Å². The van der Waals surface area contributed by atoms with Crippen LogP contribution in [0.4, 0.5) is 5.69 Å². The molecule has 0 spiro atoms. The fourth-order valence-corrected chi connectivity index (χ4v) is 2.52. The van der Waals surface area contributed by atoms with Crippen LogP contribution in [0.3, 0.4) is 0 Å². The Balaban J connectivity index is 2.10. The van der Waals surface area contributed by atoms with E-state index in [2.05, 4.69) is 15.8 Å². The second kappa shape index (κ2) is 8.38. The molecular weight excluding hydrogens is 330 g/mol. The molecule has 6 heteroatoms. The van der Waals surface area contributed by atoms with E-state index in [0.717, 1.165) is 11.3 Å². The molecule has 0 aromatic heterocycles. The first-order valence-electron chi connectivity index (χ1n) is 8.55. The van der Waals surface area contributed by atoms with Crippen LogP contribution >= 0.6 is 0 Å². The zero-order chi connectivity index (χ0) is 19.3. The Morgan fingerprint density at radius 1 is 1.19 bits per heavy atom. The third-order valence-electron chi connectivity index (χ3n) is 4.14. The lowest BCUT2D eigenvalue weighted by molar-refractivity contribution is -0.121. The second-order valence-corrected chi connectivity index (χ2v) is 6.23. The van der Waals surface area contributed by atoms with Crippen LogP contribution in [0, 0.1) is 13.8 Å². The number of phenols is 2.